The molecule has 0 saturated heterocycles. The van der Waals surface area contributed by atoms with Gasteiger partial charge in [-0.3, -0.25) is 4.79 Å². The molecule has 0 heterocycles. The third-order valence-electron chi connectivity index (χ3n) is 3.72. The monoisotopic (exact) mass is 383 g/mol. The van der Waals surface area contributed by atoms with E-state index in [1.807, 2.05) is 12.1 Å². The molecule has 0 radical (unpaired) electrons. The lowest BCUT2D eigenvalue weighted by molar-refractivity contribution is -0.137. The Morgan fingerprint density at radius 1 is 1.04 bits per heavy atom. The van der Waals surface area contributed by atoms with E-state index in [1.54, 1.807) is 13.2 Å². The molecule has 0 saturated carbocycles. The fraction of sp³-hybridized carbons (Fsp3) is 0.316. The topological polar surface area (TPSA) is 56.8 Å². The van der Waals surface area contributed by atoms with Gasteiger partial charge in [0.25, 0.3) is 5.91 Å². The van der Waals surface area contributed by atoms with Crippen molar-refractivity contribution in [3.8, 4) is 17.2 Å². The largest absolute Gasteiger partial charge is 0.493 e. The molecule has 0 spiro atoms. The third kappa shape index (κ3) is 6.09. The van der Waals surface area contributed by atoms with Crippen LogP contribution in [-0.2, 0) is 17.4 Å². The zero-order valence-electron chi connectivity index (χ0n) is 14.9. The normalized spacial score (nSPS) is 11.0. The first kappa shape index (κ1) is 20.4. The van der Waals surface area contributed by atoms with Crippen LogP contribution >= 0.6 is 0 Å². The van der Waals surface area contributed by atoms with E-state index < -0.39 is 17.6 Å². The summed E-state index contributed by atoms with van der Waals surface area (Å²) in [5.74, 6) is 0.765. The summed E-state index contributed by atoms with van der Waals surface area (Å²) >= 11 is 0. The molecule has 146 valence electrons. The molecular weight excluding hydrogens is 363 g/mol. The van der Waals surface area contributed by atoms with Crippen molar-refractivity contribution in [1.29, 1.82) is 0 Å². The number of halogens is 3. The highest BCUT2D eigenvalue weighted by Crippen LogP contribution is 2.31. The first-order valence-electron chi connectivity index (χ1n) is 8.11. The Kier molecular flexibility index (Phi) is 6.92. The fourth-order valence-corrected chi connectivity index (χ4v) is 2.34. The summed E-state index contributed by atoms with van der Waals surface area (Å²) < 4.78 is 53.4. The molecule has 1 amide bonds. The molecular formula is C19H20F3NO4. The average molecular weight is 383 g/mol. The van der Waals surface area contributed by atoms with E-state index in [2.05, 4.69) is 5.32 Å². The molecule has 0 aliphatic heterocycles. The molecule has 2 aromatic rings. The highest BCUT2D eigenvalue weighted by molar-refractivity contribution is 5.77. The van der Waals surface area contributed by atoms with Crippen molar-refractivity contribution >= 4 is 5.91 Å². The maximum absolute atomic E-state index is 12.6. The van der Waals surface area contributed by atoms with Gasteiger partial charge in [-0.1, -0.05) is 12.1 Å². The van der Waals surface area contributed by atoms with E-state index in [1.165, 1.54) is 19.2 Å². The van der Waals surface area contributed by atoms with Crippen molar-refractivity contribution in [2.24, 2.45) is 0 Å². The van der Waals surface area contributed by atoms with Crippen LogP contribution in [0.4, 0.5) is 13.2 Å². The van der Waals surface area contributed by atoms with Crippen LogP contribution in [0.15, 0.2) is 42.5 Å². The Morgan fingerprint density at radius 2 is 1.78 bits per heavy atom. The third-order valence-corrected chi connectivity index (χ3v) is 3.72. The Morgan fingerprint density at radius 3 is 2.44 bits per heavy atom. The molecule has 2 aromatic carbocycles. The van der Waals surface area contributed by atoms with Gasteiger partial charge < -0.3 is 19.5 Å². The maximum atomic E-state index is 12.6. The van der Waals surface area contributed by atoms with Gasteiger partial charge in [-0.05, 0) is 42.3 Å². The lowest BCUT2D eigenvalue weighted by Crippen LogP contribution is -2.30. The second-order valence-electron chi connectivity index (χ2n) is 5.60. The van der Waals surface area contributed by atoms with Crippen molar-refractivity contribution in [3.63, 3.8) is 0 Å². The van der Waals surface area contributed by atoms with E-state index in [-0.39, 0.29) is 12.4 Å². The van der Waals surface area contributed by atoms with Crippen molar-refractivity contribution in [3.05, 3.63) is 53.6 Å². The van der Waals surface area contributed by atoms with E-state index >= 15 is 0 Å². The quantitative estimate of drug-likeness (QED) is 0.759. The van der Waals surface area contributed by atoms with Crippen LogP contribution in [-0.4, -0.2) is 33.3 Å². The summed E-state index contributed by atoms with van der Waals surface area (Å²) in [6, 6.07) is 9.83. The summed E-state index contributed by atoms with van der Waals surface area (Å²) in [7, 11) is 3.08. The van der Waals surface area contributed by atoms with Crippen molar-refractivity contribution in [1.82, 2.24) is 5.32 Å². The van der Waals surface area contributed by atoms with Crippen LogP contribution in [0, 0.1) is 0 Å². The molecule has 0 bridgehead atoms. The minimum absolute atomic E-state index is 0.0140. The first-order valence-corrected chi connectivity index (χ1v) is 8.11. The fourth-order valence-electron chi connectivity index (χ4n) is 2.34. The van der Waals surface area contributed by atoms with Gasteiger partial charge in [0.2, 0.25) is 0 Å². The predicted molar refractivity (Wildman–Crippen MR) is 93.2 cm³/mol. The SMILES string of the molecule is COc1ccc(CCNC(=O)COc2cccc(C(F)(F)F)c2)cc1OC. The molecule has 8 heteroatoms. The van der Waals surface area contributed by atoms with Gasteiger partial charge in [-0.2, -0.15) is 13.2 Å². The summed E-state index contributed by atoms with van der Waals surface area (Å²) in [5, 5.41) is 2.65. The Hall–Kier alpha value is -2.90. The molecule has 2 rings (SSSR count). The highest BCUT2D eigenvalue weighted by atomic mass is 19.4. The number of carbonyl (C=O) groups is 1. The van der Waals surface area contributed by atoms with Crippen molar-refractivity contribution < 1.29 is 32.2 Å². The second-order valence-corrected chi connectivity index (χ2v) is 5.60. The molecule has 0 aliphatic rings. The zero-order valence-corrected chi connectivity index (χ0v) is 14.9. The van der Waals surface area contributed by atoms with Gasteiger partial charge in [0.05, 0.1) is 19.8 Å². The highest BCUT2D eigenvalue weighted by Gasteiger charge is 2.30. The second kappa shape index (κ2) is 9.16. The molecule has 5 nitrogen and oxygen atoms in total. The minimum Gasteiger partial charge on any atom is -0.493 e. The summed E-state index contributed by atoms with van der Waals surface area (Å²) in [6.45, 7) is -0.0203. The summed E-state index contributed by atoms with van der Waals surface area (Å²) in [5.41, 5.74) is 0.112. The zero-order chi connectivity index (χ0) is 19.9. The molecule has 0 atom stereocenters. The van der Waals surface area contributed by atoms with Crippen LogP contribution < -0.4 is 19.5 Å². The van der Waals surface area contributed by atoms with Crippen molar-refractivity contribution in [2.75, 3.05) is 27.4 Å². The number of rotatable bonds is 8. The van der Waals surface area contributed by atoms with Crippen LogP contribution in [0.3, 0.4) is 0 Å². The Labute approximate surface area is 155 Å². The number of hydrogen-bond donors (Lipinski definition) is 1. The lowest BCUT2D eigenvalue weighted by atomic mass is 10.1. The van der Waals surface area contributed by atoms with Crippen LogP contribution in [0.1, 0.15) is 11.1 Å². The molecule has 0 aliphatic carbocycles. The molecule has 1 N–H and O–H groups in total. The van der Waals surface area contributed by atoms with Gasteiger partial charge in [-0.15, -0.1) is 0 Å². The molecule has 0 fully saturated rings. The number of nitrogens with one attached hydrogen (secondary N) is 1. The standard InChI is InChI=1S/C19H20F3NO4/c1-25-16-7-6-13(10-17(16)26-2)8-9-23-18(24)12-27-15-5-3-4-14(11-15)19(20,21)22/h3-7,10-11H,8-9,12H2,1-2H3,(H,23,24). The van der Waals surface area contributed by atoms with Crippen molar-refractivity contribution in [2.45, 2.75) is 12.6 Å². The van der Waals surface area contributed by atoms with E-state index in [0.29, 0.717) is 24.5 Å². The molecule has 27 heavy (non-hydrogen) atoms. The number of amides is 1. The number of ether oxygens (including phenoxy) is 3. The lowest BCUT2D eigenvalue weighted by Gasteiger charge is -2.11. The number of benzene rings is 2. The Balaban J connectivity index is 1.80. The van der Waals surface area contributed by atoms with Gasteiger partial charge in [0, 0.05) is 6.54 Å². The first-order chi connectivity index (χ1) is 12.8. The maximum Gasteiger partial charge on any atom is 0.416 e. The average Bonchev–Trinajstić information content (AvgIpc) is 2.65. The predicted octanol–water partition coefficient (Wildman–Crippen LogP) is 3.46. The molecule has 0 unspecified atom stereocenters. The van der Waals surface area contributed by atoms with Crippen LogP contribution in [0.25, 0.3) is 0 Å². The molecule has 0 aromatic heterocycles. The van der Waals surface area contributed by atoms with Crippen LogP contribution in [0.2, 0.25) is 0 Å². The number of alkyl halides is 3. The minimum atomic E-state index is -4.46. The van der Waals surface area contributed by atoms with Gasteiger partial charge in [-0.25, -0.2) is 0 Å². The van der Waals surface area contributed by atoms with E-state index in [4.69, 9.17) is 14.2 Å². The number of hydrogen-bond acceptors (Lipinski definition) is 4. The van der Waals surface area contributed by atoms with Gasteiger partial charge in [0.15, 0.2) is 18.1 Å². The smallest absolute Gasteiger partial charge is 0.416 e. The van der Waals surface area contributed by atoms with E-state index in [0.717, 1.165) is 17.7 Å². The van der Waals surface area contributed by atoms with E-state index in [9.17, 15) is 18.0 Å². The Bertz CT molecular complexity index is 778. The number of methoxy groups -OCH3 is 2. The number of carbonyl (C=O) groups excluding carboxylic acids is 1. The van der Waals surface area contributed by atoms with Gasteiger partial charge in [0.1, 0.15) is 5.75 Å². The van der Waals surface area contributed by atoms with Crippen LogP contribution in [0.5, 0.6) is 17.2 Å². The summed E-state index contributed by atoms with van der Waals surface area (Å²) in [6.07, 6.45) is -3.91. The van der Waals surface area contributed by atoms with Gasteiger partial charge >= 0.3 is 6.18 Å². The summed E-state index contributed by atoms with van der Waals surface area (Å²) in [4.78, 5) is 11.8.